The Balaban J connectivity index is 1.67. The van der Waals surface area contributed by atoms with Crippen LogP contribution in [0.1, 0.15) is 12.0 Å². The van der Waals surface area contributed by atoms with Crippen LogP contribution in [0.3, 0.4) is 0 Å². The fraction of sp³-hybridized carbons (Fsp3) is 0.111. The van der Waals surface area contributed by atoms with Crippen molar-refractivity contribution in [2.45, 2.75) is 12.5 Å². The lowest BCUT2D eigenvalue weighted by Crippen LogP contribution is -2.17. The van der Waals surface area contributed by atoms with E-state index in [1.807, 2.05) is 6.07 Å². The maximum Gasteiger partial charge on any atom is 0.0482 e. The molecule has 0 aliphatic heterocycles. The highest BCUT2D eigenvalue weighted by Gasteiger charge is 2.09. The quantitative estimate of drug-likeness (QED) is 0.841. The Kier molecular flexibility index (Phi) is 3.46. The van der Waals surface area contributed by atoms with Crippen LogP contribution in [0.2, 0.25) is 0 Å². The van der Waals surface area contributed by atoms with Crippen molar-refractivity contribution in [1.29, 1.82) is 0 Å². The summed E-state index contributed by atoms with van der Waals surface area (Å²) in [7, 11) is 0. The van der Waals surface area contributed by atoms with Gasteiger partial charge in [0, 0.05) is 11.7 Å². The molecule has 94 valence electrons. The topological polar surface area (TPSA) is 12.0 Å². The minimum absolute atomic E-state index is 0.384. The van der Waals surface area contributed by atoms with Crippen LogP contribution in [0.25, 0.3) is 5.57 Å². The smallest absolute Gasteiger partial charge is 0.0482 e. The molecule has 2 aromatic rings. The lowest BCUT2D eigenvalue weighted by atomic mass is 9.97. The van der Waals surface area contributed by atoms with Gasteiger partial charge in [-0.3, -0.25) is 0 Å². The van der Waals surface area contributed by atoms with E-state index in [-0.39, 0.29) is 0 Å². The molecule has 19 heavy (non-hydrogen) atoms. The molecule has 1 N–H and O–H groups in total. The zero-order valence-electron chi connectivity index (χ0n) is 10.8. The average molecular weight is 247 g/mol. The normalized spacial score (nSPS) is 17.9. The van der Waals surface area contributed by atoms with Gasteiger partial charge in [0.05, 0.1) is 0 Å². The van der Waals surface area contributed by atoms with Crippen LogP contribution in [0.15, 0.2) is 78.9 Å². The minimum atomic E-state index is 0.384. The van der Waals surface area contributed by atoms with Gasteiger partial charge in [0.15, 0.2) is 0 Å². The second kappa shape index (κ2) is 5.57. The Hall–Kier alpha value is -2.28. The number of anilines is 1. The predicted octanol–water partition coefficient (Wildman–Crippen LogP) is 4.51. The van der Waals surface area contributed by atoms with E-state index in [1.54, 1.807) is 0 Å². The summed E-state index contributed by atoms with van der Waals surface area (Å²) in [4.78, 5) is 0. The molecular formula is C18H17N. The molecule has 1 heteroatoms. The first-order valence-electron chi connectivity index (χ1n) is 6.67. The van der Waals surface area contributed by atoms with E-state index in [0.717, 1.165) is 6.42 Å². The molecule has 0 bridgehead atoms. The summed E-state index contributed by atoms with van der Waals surface area (Å²) in [6.45, 7) is 0. The lowest BCUT2D eigenvalue weighted by Gasteiger charge is -2.19. The standard InChI is InChI=1S/C18H17N/c1-3-7-15(8-4-1)16-11-13-18(14-12-16)19-17-9-5-2-6-10-17/h1-13,18-19H,14H2. The van der Waals surface area contributed by atoms with Crippen molar-refractivity contribution in [1.82, 2.24) is 0 Å². The zero-order chi connectivity index (χ0) is 12.9. The fourth-order valence-electron chi connectivity index (χ4n) is 2.32. The Morgan fingerprint density at radius 3 is 2.16 bits per heavy atom. The molecule has 0 heterocycles. The van der Waals surface area contributed by atoms with Gasteiger partial charge in [-0.05, 0) is 29.7 Å². The first kappa shape index (κ1) is 11.8. The van der Waals surface area contributed by atoms with Crippen molar-refractivity contribution in [3.8, 4) is 0 Å². The fourth-order valence-corrected chi connectivity index (χ4v) is 2.32. The number of rotatable bonds is 3. The van der Waals surface area contributed by atoms with Gasteiger partial charge in [-0.15, -0.1) is 0 Å². The van der Waals surface area contributed by atoms with Gasteiger partial charge in [0.1, 0.15) is 0 Å². The van der Waals surface area contributed by atoms with Crippen molar-refractivity contribution in [3.05, 3.63) is 84.5 Å². The zero-order valence-corrected chi connectivity index (χ0v) is 10.8. The third-order valence-electron chi connectivity index (χ3n) is 3.33. The molecule has 0 radical (unpaired) electrons. The number of allylic oxidation sites excluding steroid dienone is 2. The molecule has 0 amide bonds. The monoisotopic (exact) mass is 247 g/mol. The van der Waals surface area contributed by atoms with Crippen LogP contribution in [-0.4, -0.2) is 6.04 Å². The summed E-state index contributed by atoms with van der Waals surface area (Å²) < 4.78 is 0. The van der Waals surface area contributed by atoms with E-state index in [9.17, 15) is 0 Å². The summed E-state index contributed by atoms with van der Waals surface area (Å²) in [5.41, 5.74) is 3.78. The minimum Gasteiger partial charge on any atom is -0.379 e. The highest BCUT2D eigenvalue weighted by molar-refractivity contribution is 5.75. The number of hydrogen-bond donors (Lipinski definition) is 1. The van der Waals surface area contributed by atoms with Crippen molar-refractivity contribution in [2.24, 2.45) is 0 Å². The molecule has 0 fully saturated rings. The molecule has 0 saturated carbocycles. The molecule has 0 spiro atoms. The van der Waals surface area contributed by atoms with Gasteiger partial charge in [-0.25, -0.2) is 0 Å². The highest BCUT2D eigenvalue weighted by atomic mass is 14.9. The van der Waals surface area contributed by atoms with E-state index >= 15 is 0 Å². The van der Waals surface area contributed by atoms with Crippen LogP contribution < -0.4 is 5.32 Å². The number of benzene rings is 2. The van der Waals surface area contributed by atoms with Crippen molar-refractivity contribution < 1.29 is 0 Å². The second-order valence-electron chi connectivity index (χ2n) is 4.74. The van der Waals surface area contributed by atoms with Crippen LogP contribution >= 0.6 is 0 Å². The number of hydrogen-bond acceptors (Lipinski definition) is 1. The SMILES string of the molecule is C1=CC(Nc2ccccc2)CC=C1c1ccccc1. The Morgan fingerprint density at radius 2 is 1.53 bits per heavy atom. The largest absolute Gasteiger partial charge is 0.379 e. The first-order chi connectivity index (χ1) is 9.42. The van der Waals surface area contributed by atoms with Crippen molar-refractivity contribution >= 4 is 11.3 Å². The maximum absolute atomic E-state index is 3.52. The summed E-state index contributed by atoms with van der Waals surface area (Å²) in [6, 6.07) is 21.3. The van der Waals surface area contributed by atoms with Gasteiger partial charge in [0.25, 0.3) is 0 Å². The van der Waals surface area contributed by atoms with Crippen LogP contribution in [0, 0.1) is 0 Å². The number of para-hydroxylation sites is 1. The molecule has 0 aromatic heterocycles. The van der Waals surface area contributed by atoms with E-state index in [4.69, 9.17) is 0 Å². The maximum atomic E-state index is 3.52. The average Bonchev–Trinajstić information content (AvgIpc) is 2.50. The van der Waals surface area contributed by atoms with Crippen molar-refractivity contribution in [2.75, 3.05) is 5.32 Å². The molecular weight excluding hydrogens is 230 g/mol. The third-order valence-corrected chi connectivity index (χ3v) is 3.33. The van der Waals surface area contributed by atoms with Gasteiger partial charge in [-0.2, -0.15) is 0 Å². The highest BCUT2D eigenvalue weighted by Crippen LogP contribution is 2.22. The van der Waals surface area contributed by atoms with E-state index in [1.165, 1.54) is 16.8 Å². The summed E-state index contributed by atoms with van der Waals surface area (Å²) in [5.74, 6) is 0. The third kappa shape index (κ3) is 2.94. The van der Waals surface area contributed by atoms with E-state index < -0.39 is 0 Å². The van der Waals surface area contributed by atoms with Crippen molar-refractivity contribution in [3.63, 3.8) is 0 Å². The molecule has 3 rings (SSSR count). The Bertz CT molecular complexity index is 582. The van der Waals surface area contributed by atoms with Crippen LogP contribution in [0.4, 0.5) is 5.69 Å². The van der Waals surface area contributed by atoms with Crippen LogP contribution in [0.5, 0.6) is 0 Å². The molecule has 1 nitrogen and oxygen atoms in total. The predicted molar refractivity (Wildman–Crippen MR) is 82.0 cm³/mol. The Labute approximate surface area is 114 Å². The molecule has 0 saturated heterocycles. The summed E-state index contributed by atoms with van der Waals surface area (Å²) >= 11 is 0. The molecule has 1 aliphatic rings. The summed E-state index contributed by atoms with van der Waals surface area (Å²) in [5, 5.41) is 3.52. The van der Waals surface area contributed by atoms with Gasteiger partial charge in [0.2, 0.25) is 0 Å². The van der Waals surface area contributed by atoms with Gasteiger partial charge in [-0.1, -0.05) is 66.8 Å². The molecule has 2 aromatic carbocycles. The first-order valence-corrected chi connectivity index (χ1v) is 6.67. The second-order valence-corrected chi connectivity index (χ2v) is 4.74. The van der Waals surface area contributed by atoms with Crippen LogP contribution in [-0.2, 0) is 0 Å². The lowest BCUT2D eigenvalue weighted by molar-refractivity contribution is 0.886. The number of nitrogens with one attached hydrogen (secondary N) is 1. The summed E-state index contributed by atoms with van der Waals surface area (Å²) in [6.07, 6.45) is 7.78. The molecule has 1 unspecified atom stereocenters. The molecule has 1 atom stereocenters. The van der Waals surface area contributed by atoms with E-state index in [0.29, 0.717) is 6.04 Å². The van der Waals surface area contributed by atoms with Gasteiger partial charge >= 0.3 is 0 Å². The molecule has 1 aliphatic carbocycles. The van der Waals surface area contributed by atoms with E-state index in [2.05, 4.69) is 78.1 Å². The van der Waals surface area contributed by atoms with Gasteiger partial charge < -0.3 is 5.32 Å². The Morgan fingerprint density at radius 1 is 0.842 bits per heavy atom.